The van der Waals surface area contributed by atoms with Gasteiger partial charge in [-0.1, -0.05) is 11.6 Å². The zero-order valence-electron chi connectivity index (χ0n) is 9.67. The fraction of sp³-hybridized carbons (Fsp3) is 0.750. The SMILES string of the molecule is C1CCN(CCc2onc3c2CNC3)CC1. The van der Waals surface area contributed by atoms with Crippen molar-refractivity contribution in [2.45, 2.75) is 38.8 Å². The highest BCUT2D eigenvalue weighted by Gasteiger charge is 2.21. The van der Waals surface area contributed by atoms with E-state index in [9.17, 15) is 0 Å². The van der Waals surface area contributed by atoms with E-state index >= 15 is 0 Å². The highest BCUT2D eigenvalue weighted by Crippen LogP contribution is 2.20. The number of nitrogens with zero attached hydrogens (tertiary/aromatic N) is 2. The van der Waals surface area contributed by atoms with Crippen molar-refractivity contribution in [3.05, 3.63) is 17.0 Å². The van der Waals surface area contributed by atoms with Gasteiger partial charge in [0.2, 0.25) is 0 Å². The molecule has 16 heavy (non-hydrogen) atoms. The first-order valence-electron chi connectivity index (χ1n) is 6.33. The van der Waals surface area contributed by atoms with Gasteiger partial charge in [-0.05, 0) is 25.9 Å². The summed E-state index contributed by atoms with van der Waals surface area (Å²) >= 11 is 0. The minimum atomic E-state index is 0.878. The molecule has 0 radical (unpaired) electrons. The summed E-state index contributed by atoms with van der Waals surface area (Å²) in [6, 6.07) is 0. The van der Waals surface area contributed by atoms with Crippen LogP contribution in [0.1, 0.15) is 36.3 Å². The van der Waals surface area contributed by atoms with Gasteiger partial charge < -0.3 is 14.7 Å². The molecule has 2 aliphatic rings. The highest BCUT2D eigenvalue weighted by molar-refractivity contribution is 5.26. The van der Waals surface area contributed by atoms with Crippen LogP contribution in [0.5, 0.6) is 0 Å². The van der Waals surface area contributed by atoms with E-state index in [1.165, 1.54) is 37.9 Å². The molecule has 1 N–H and O–H groups in total. The zero-order chi connectivity index (χ0) is 10.8. The first-order chi connectivity index (χ1) is 7.93. The number of piperidine rings is 1. The molecule has 0 amide bonds. The minimum absolute atomic E-state index is 0.878. The van der Waals surface area contributed by atoms with E-state index in [0.29, 0.717) is 0 Å². The predicted molar refractivity (Wildman–Crippen MR) is 61.0 cm³/mol. The van der Waals surface area contributed by atoms with Gasteiger partial charge in [-0.2, -0.15) is 0 Å². The van der Waals surface area contributed by atoms with Crippen LogP contribution in [0, 0.1) is 0 Å². The average Bonchev–Trinajstić information content (AvgIpc) is 2.90. The molecule has 0 unspecified atom stereocenters. The average molecular weight is 221 g/mol. The Morgan fingerprint density at radius 2 is 2.06 bits per heavy atom. The Balaban J connectivity index is 1.57. The van der Waals surface area contributed by atoms with Crippen molar-refractivity contribution in [1.82, 2.24) is 15.4 Å². The highest BCUT2D eigenvalue weighted by atomic mass is 16.5. The van der Waals surface area contributed by atoms with Gasteiger partial charge in [-0.3, -0.25) is 0 Å². The maximum Gasteiger partial charge on any atom is 0.142 e. The molecule has 88 valence electrons. The Labute approximate surface area is 96.0 Å². The monoisotopic (exact) mass is 221 g/mol. The van der Waals surface area contributed by atoms with Crippen LogP contribution >= 0.6 is 0 Å². The van der Waals surface area contributed by atoms with Gasteiger partial charge in [0.25, 0.3) is 0 Å². The van der Waals surface area contributed by atoms with Gasteiger partial charge in [0.05, 0.1) is 0 Å². The van der Waals surface area contributed by atoms with Crippen LogP contribution in [0.2, 0.25) is 0 Å². The number of hydrogen-bond donors (Lipinski definition) is 1. The van der Waals surface area contributed by atoms with Crippen molar-refractivity contribution in [3.63, 3.8) is 0 Å². The fourth-order valence-corrected chi connectivity index (χ4v) is 2.67. The Morgan fingerprint density at radius 3 is 2.94 bits per heavy atom. The molecule has 4 heteroatoms. The maximum atomic E-state index is 5.41. The number of aromatic nitrogens is 1. The van der Waals surface area contributed by atoms with Crippen LogP contribution in [0.15, 0.2) is 4.52 Å². The van der Waals surface area contributed by atoms with Gasteiger partial charge >= 0.3 is 0 Å². The Bertz CT molecular complexity index is 355. The van der Waals surface area contributed by atoms with Crippen LogP contribution in [-0.2, 0) is 19.5 Å². The van der Waals surface area contributed by atoms with Crippen molar-refractivity contribution in [2.75, 3.05) is 19.6 Å². The molecule has 2 aliphatic heterocycles. The van der Waals surface area contributed by atoms with Crippen molar-refractivity contribution in [3.8, 4) is 0 Å². The van der Waals surface area contributed by atoms with Gasteiger partial charge in [0.1, 0.15) is 11.5 Å². The van der Waals surface area contributed by atoms with E-state index in [4.69, 9.17) is 4.52 Å². The van der Waals surface area contributed by atoms with Gasteiger partial charge in [0.15, 0.2) is 0 Å². The van der Waals surface area contributed by atoms with Crippen LogP contribution in [0.25, 0.3) is 0 Å². The van der Waals surface area contributed by atoms with Crippen molar-refractivity contribution in [2.24, 2.45) is 0 Å². The molecular weight excluding hydrogens is 202 g/mol. The molecule has 0 saturated carbocycles. The molecular formula is C12H19N3O. The van der Waals surface area contributed by atoms with E-state index in [-0.39, 0.29) is 0 Å². The third-order valence-electron chi connectivity index (χ3n) is 3.65. The van der Waals surface area contributed by atoms with E-state index in [0.717, 1.165) is 37.5 Å². The molecule has 0 spiro atoms. The zero-order valence-corrected chi connectivity index (χ0v) is 9.67. The summed E-state index contributed by atoms with van der Waals surface area (Å²) < 4.78 is 5.41. The maximum absolute atomic E-state index is 5.41. The van der Waals surface area contributed by atoms with E-state index in [1.54, 1.807) is 0 Å². The summed E-state index contributed by atoms with van der Waals surface area (Å²) in [4.78, 5) is 2.54. The third kappa shape index (κ3) is 1.99. The Kier molecular flexibility index (Phi) is 2.93. The van der Waals surface area contributed by atoms with Gasteiger partial charge in [-0.25, -0.2) is 0 Å². The van der Waals surface area contributed by atoms with Crippen molar-refractivity contribution >= 4 is 0 Å². The van der Waals surface area contributed by atoms with Crippen LogP contribution in [-0.4, -0.2) is 29.7 Å². The summed E-state index contributed by atoms with van der Waals surface area (Å²) in [6.07, 6.45) is 5.13. The molecule has 3 rings (SSSR count). The standard InChI is InChI=1S/C12H19N3O/c1-2-5-15(6-3-1)7-4-12-10-8-13-9-11(10)14-16-12/h13H,1-9H2. The minimum Gasteiger partial charge on any atom is -0.361 e. The van der Waals surface area contributed by atoms with Gasteiger partial charge in [0, 0.05) is 31.6 Å². The second-order valence-corrected chi connectivity index (χ2v) is 4.79. The number of likely N-dealkylation sites (tertiary alicyclic amines) is 1. The Hall–Kier alpha value is -0.870. The molecule has 4 nitrogen and oxygen atoms in total. The topological polar surface area (TPSA) is 41.3 Å². The Morgan fingerprint density at radius 1 is 1.19 bits per heavy atom. The molecule has 0 bridgehead atoms. The van der Waals surface area contributed by atoms with Crippen molar-refractivity contribution < 1.29 is 4.52 Å². The molecule has 0 atom stereocenters. The lowest BCUT2D eigenvalue weighted by atomic mass is 10.1. The molecule has 1 saturated heterocycles. The first kappa shape index (κ1) is 10.3. The lowest BCUT2D eigenvalue weighted by Gasteiger charge is -2.25. The second-order valence-electron chi connectivity index (χ2n) is 4.79. The van der Waals surface area contributed by atoms with E-state index in [1.807, 2.05) is 0 Å². The molecule has 3 heterocycles. The number of hydrogen-bond acceptors (Lipinski definition) is 4. The number of rotatable bonds is 3. The second kappa shape index (κ2) is 4.55. The molecule has 0 aromatic carbocycles. The van der Waals surface area contributed by atoms with E-state index < -0.39 is 0 Å². The van der Waals surface area contributed by atoms with Crippen LogP contribution in [0.3, 0.4) is 0 Å². The molecule has 1 aromatic heterocycles. The summed E-state index contributed by atoms with van der Waals surface area (Å²) in [5.74, 6) is 1.10. The summed E-state index contributed by atoms with van der Waals surface area (Å²) in [5, 5.41) is 7.41. The quantitative estimate of drug-likeness (QED) is 0.835. The number of fused-ring (bicyclic) bond motifs is 1. The summed E-state index contributed by atoms with van der Waals surface area (Å²) in [7, 11) is 0. The molecule has 1 aromatic rings. The van der Waals surface area contributed by atoms with Crippen LogP contribution < -0.4 is 5.32 Å². The van der Waals surface area contributed by atoms with Gasteiger partial charge in [-0.15, -0.1) is 0 Å². The number of nitrogens with one attached hydrogen (secondary N) is 1. The summed E-state index contributed by atoms with van der Waals surface area (Å²) in [5.41, 5.74) is 2.44. The largest absolute Gasteiger partial charge is 0.361 e. The fourth-order valence-electron chi connectivity index (χ4n) is 2.67. The lowest BCUT2D eigenvalue weighted by Crippen LogP contribution is -2.31. The summed E-state index contributed by atoms with van der Waals surface area (Å²) in [6.45, 7) is 5.46. The van der Waals surface area contributed by atoms with Crippen molar-refractivity contribution in [1.29, 1.82) is 0 Å². The smallest absolute Gasteiger partial charge is 0.142 e. The molecule has 0 aliphatic carbocycles. The predicted octanol–water partition coefficient (Wildman–Crippen LogP) is 1.31. The van der Waals surface area contributed by atoms with E-state index in [2.05, 4.69) is 15.4 Å². The third-order valence-corrected chi connectivity index (χ3v) is 3.65. The van der Waals surface area contributed by atoms with Crippen LogP contribution in [0.4, 0.5) is 0 Å². The lowest BCUT2D eigenvalue weighted by molar-refractivity contribution is 0.223. The first-order valence-corrected chi connectivity index (χ1v) is 6.33. The molecule has 1 fully saturated rings. The normalized spacial score (nSPS) is 21.2.